The Labute approximate surface area is 164 Å². The van der Waals surface area contributed by atoms with Crippen molar-refractivity contribution in [2.45, 2.75) is 31.5 Å². The summed E-state index contributed by atoms with van der Waals surface area (Å²) in [6.45, 7) is 2.42. The van der Waals surface area contributed by atoms with Crippen molar-refractivity contribution in [3.05, 3.63) is 71.3 Å². The molecule has 6 nitrogen and oxygen atoms in total. The first-order valence-electron chi connectivity index (χ1n) is 9.49. The van der Waals surface area contributed by atoms with Gasteiger partial charge in [0.2, 0.25) is 0 Å². The maximum Gasteiger partial charge on any atom is 0.325 e. The number of nitrogens with zero attached hydrogens (tertiary/aromatic N) is 3. The zero-order chi connectivity index (χ0) is 19.6. The van der Waals surface area contributed by atoms with Crippen LogP contribution in [-0.2, 0) is 17.9 Å². The van der Waals surface area contributed by atoms with Crippen molar-refractivity contribution < 1.29 is 9.59 Å². The molecule has 2 fully saturated rings. The quantitative estimate of drug-likeness (QED) is 0.835. The van der Waals surface area contributed by atoms with Gasteiger partial charge in [0.1, 0.15) is 5.54 Å². The molecule has 1 spiro atoms. The minimum atomic E-state index is -0.837. The third kappa shape index (κ3) is 3.49. The van der Waals surface area contributed by atoms with E-state index < -0.39 is 5.54 Å². The highest BCUT2D eigenvalue weighted by Crippen LogP contribution is 2.30. The molecule has 2 aromatic rings. The number of carbonyl (C=O) groups excluding carboxylic acids is 2. The Morgan fingerprint density at radius 2 is 1.71 bits per heavy atom. The van der Waals surface area contributed by atoms with Crippen molar-refractivity contribution in [1.82, 2.24) is 15.1 Å². The summed E-state index contributed by atoms with van der Waals surface area (Å²) in [5.41, 5.74) is 1.75. The molecule has 6 heteroatoms. The van der Waals surface area contributed by atoms with Crippen LogP contribution >= 0.6 is 0 Å². The van der Waals surface area contributed by atoms with Crippen LogP contribution in [0.25, 0.3) is 0 Å². The summed E-state index contributed by atoms with van der Waals surface area (Å²) >= 11 is 0. The molecule has 2 aliphatic rings. The van der Waals surface area contributed by atoms with Crippen molar-refractivity contribution in [3.63, 3.8) is 0 Å². The van der Waals surface area contributed by atoms with Gasteiger partial charge in [0.15, 0.2) is 0 Å². The molecule has 0 bridgehead atoms. The number of urea groups is 1. The van der Waals surface area contributed by atoms with Crippen LogP contribution < -0.4 is 5.32 Å². The Bertz CT molecular complexity index is 920. The fourth-order valence-corrected chi connectivity index (χ4v) is 4.08. The number of hydrogen-bond acceptors (Lipinski definition) is 4. The van der Waals surface area contributed by atoms with Gasteiger partial charge in [0.05, 0.1) is 18.2 Å². The van der Waals surface area contributed by atoms with Gasteiger partial charge in [0, 0.05) is 13.1 Å². The third-order valence-corrected chi connectivity index (χ3v) is 5.49. The Kier molecular flexibility index (Phi) is 4.84. The van der Waals surface area contributed by atoms with Crippen molar-refractivity contribution in [2.75, 3.05) is 13.1 Å². The average Bonchev–Trinajstić information content (AvgIpc) is 2.93. The molecule has 0 saturated carbocycles. The van der Waals surface area contributed by atoms with Crippen molar-refractivity contribution >= 4 is 11.9 Å². The number of amides is 3. The van der Waals surface area contributed by atoms with E-state index in [2.05, 4.69) is 28.4 Å². The van der Waals surface area contributed by atoms with Crippen LogP contribution in [0.15, 0.2) is 54.6 Å². The van der Waals surface area contributed by atoms with Crippen LogP contribution in [-0.4, -0.2) is 40.4 Å². The fraction of sp³-hybridized carbons (Fsp3) is 0.318. The van der Waals surface area contributed by atoms with Gasteiger partial charge in [-0.3, -0.25) is 14.6 Å². The second-order valence-electron chi connectivity index (χ2n) is 7.51. The molecule has 0 aromatic heterocycles. The number of rotatable bonds is 4. The van der Waals surface area contributed by atoms with Gasteiger partial charge in [-0.1, -0.05) is 42.5 Å². The van der Waals surface area contributed by atoms with E-state index >= 15 is 0 Å². The number of nitriles is 1. The molecule has 1 N–H and O–H groups in total. The lowest BCUT2D eigenvalue weighted by atomic mass is 9.88. The van der Waals surface area contributed by atoms with Crippen LogP contribution in [0.1, 0.15) is 29.5 Å². The van der Waals surface area contributed by atoms with E-state index in [0.29, 0.717) is 18.5 Å². The average molecular weight is 374 g/mol. The summed E-state index contributed by atoms with van der Waals surface area (Å²) in [4.78, 5) is 29.3. The molecule has 2 saturated heterocycles. The molecule has 1 atom stereocenters. The number of carbonyl (C=O) groups is 2. The van der Waals surface area contributed by atoms with Crippen LogP contribution in [0.4, 0.5) is 4.79 Å². The first-order chi connectivity index (χ1) is 13.6. The first kappa shape index (κ1) is 18.2. The second-order valence-corrected chi connectivity index (χ2v) is 7.51. The second kappa shape index (κ2) is 7.45. The lowest BCUT2D eigenvalue weighted by Crippen LogP contribution is -2.58. The van der Waals surface area contributed by atoms with Gasteiger partial charge < -0.3 is 5.32 Å². The molecule has 0 unspecified atom stereocenters. The summed E-state index contributed by atoms with van der Waals surface area (Å²) < 4.78 is 0. The third-order valence-electron chi connectivity index (χ3n) is 5.49. The maximum absolute atomic E-state index is 13.2. The van der Waals surface area contributed by atoms with Gasteiger partial charge in [-0.15, -0.1) is 0 Å². The van der Waals surface area contributed by atoms with E-state index in [1.165, 1.54) is 10.5 Å². The largest absolute Gasteiger partial charge is 0.325 e. The molecule has 4 rings (SSSR count). The van der Waals surface area contributed by atoms with E-state index in [-0.39, 0.29) is 18.5 Å². The summed E-state index contributed by atoms with van der Waals surface area (Å²) in [6.07, 6.45) is 1.52. The number of likely N-dealkylation sites (tertiary alicyclic amines) is 1. The van der Waals surface area contributed by atoms with Gasteiger partial charge in [-0.25, -0.2) is 4.79 Å². The number of imide groups is 1. The lowest BCUT2D eigenvalue weighted by molar-refractivity contribution is -0.133. The number of nitrogens with one attached hydrogen (secondary N) is 1. The van der Waals surface area contributed by atoms with E-state index in [1.807, 2.05) is 18.2 Å². The van der Waals surface area contributed by atoms with Crippen LogP contribution in [0.2, 0.25) is 0 Å². The van der Waals surface area contributed by atoms with Crippen molar-refractivity contribution in [3.8, 4) is 6.07 Å². The maximum atomic E-state index is 13.2. The predicted octanol–water partition coefficient (Wildman–Crippen LogP) is 2.64. The molecular weight excluding hydrogens is 352 g/mol. The lowest BCUT2D eigenvalue weighted by Gasteiger charge is -2.38. The standard InChI is InChI=1S/C22H22N4O2/c23-13-17-7-9-19(10-8-17)15-26-20(27)22(24-21(26)28)11-4-12-25(16-22)14-18-5-2-1-3-6-18/h1-3,5-10H,4,11-12,14-16H2,(H,24,28)/t22-/m0/s1. The molecule has 28 heavy (non-hydrogen) atoms. The molecule has 2 aliphatic heterocycles. The van der Waals surface area contributed by atoms with Crippen LogP contribution in [0.3, 0.4) is 0 Å². The van der Waals surface area contributed by atoms with Gasteiger partial charge >= 0.3 is 6.03 Å². The highest BCUT2D eigenvalue weighted by atomic mass is 16.2. The SMILES string of the molecule is N#Cc1ccc(CN2C(=O)N[C@]3(CCCN(Cc4ccccc4)C3)C2=O)cc1. The van der Waals surface area contributed by atoms with Gasteiger partial charge in [0.25, 0.3) is 5.91 Å². The minimum Gasteiger partial charge on any atom is -0.322 e. The van der Waals surface area contributed by atoms with E-state index in [0.717, 1.165) is 25.1 Å². The molecule has 142 valence electrons. The zero-order valence-electron chi connectivity index (χ0n) is 15.6. The smallest absolute Gasteiger partial charge is 0.322 e. The molecule has 0 radical (unpaired) electrons. The Morgan fingerprint density at radius 1 is 1.00 bits per heavy atom. The summed E-state index contributed by atoms with van der Waals surface area (Å²) in [5, 5.41) is 11.9. The predicted molar refractivity (Wildman–Crippen MR) is 104 cm³/mol. The van der Waals surface area contributed by atoms with E-state index in [9.17, 15) is 9.59 Å². The topological polar surface area (TPSA) is 76.4 Å². The Morgan fingerprint density at radius 3 is 2.43 bits per heavy atom. The van der Waals surface area contributed by atoms with E-state index in [4.69, 9.17) is 5.26 Å². The van der Waals surface area contributed by atoms with E-state index in [1.54, 1.807) is 24.3 Å². The number of benzene rings is 2. The van der Waals surface area contributed by atoms with Crippen LogP contribution in [0, 0.1) is 11.3 Å². The van der Waals surface area contributed by atoms with Crippen molar-refractivity contribution in [1.29, 1.82) is 5.26 Å². The summed E-state index contributed by atoms with van der Waals surface area (Å²) in [7, 11) is 0. The van der Waals surface area contributed by atoms with Gasteiger partial charge in [-0.05, 0) is 42.6 Å². The highest BCUT2D eigenvalue weighted by Gasteiger charge is 2.52. The Balaban J connectivity index is 1.48. The number of piperidine rings is 1. The molecule has 2 heterocycles. The molecular formula is C22H22N4O2. The first-order valence-corrected chi connectivity index (χ1v) is 9.49. The minimum absolute atomic E-state index is 0.153. The molecule has 3 amide bonds. The molecule has 0 aliphatic carbocycles. The molecule has 2 aromatic carbocycles. The van der Waals surface area contributed by atoms with Gasteiger partial charge in [-0.2, -0.15) is 5.26 Å². The summed E-state index contributed by atoms with van der Waals surface area (Å²) in [5.74, 6) is -0.153. The monoisotopic (exact) mass is 374 g/mol. The highest BCUT2D eigenvalue weighted by molar-refractivity contribution is 6.07. The van der Waals surface area contributed by atoms with Crippen molar-refractivity contribution in [2.24, 2.45) is 0 Å². The van der Waals surface area contributed by atoms with Crippen LogP contribution in [0.5, 0.6) is 0 Å². The number of hydrogen-bond donors (Lipinski definition) is 1. The Hall–Kier alpha value is -3.17. The fourth-order valence-electron chi connectivity index (χ4n) is 4.08. The normalized spacial score (nSPS) is 22.3. The summed E-state index contributed by atoms with van der Waals surface area (Å²) in [6, 6.07) is 18.9. The zero-order valence-corrected chi connectivity index (χ0v) is 15.6.